The number of nitrogens with one attached hydrogen (secondary N) is 1. The van der Waals surface area contributed by atoms with Gasteiger partial charge >= 0.3 is 0 Å². The van der Waals surface area contributed by atoms with Crippen LogP contribution in [0.2, 0.25) is 0 Å². The zero-order chi connectivity index (χ0) is 27.4. The standard InChI is InChI=1S/C28H41N3O5S/c1-6-8-18-29-28(33)26(7-2)30(21-23-14-10-9-13-22(23)3)27(32)17-12-19-31(37(5,34)35)24-15-11-16-25(20-24)36-4/h9-11,13-16,20,26H,6-8,12,17-19,21H2,1-5H3,(H,29,33)/t26-/m0/s1. The van der Waals surface area contributed by atoms with Crippen molar-refractivity contribution in [1.29, 1.82) is 0 Å². The van der Waals surface area contributed by atoms with E-state index in [4.69, 9.17) is 4.74 Å². The Balaban J connectivity index is 2.22. The fourth-order valence-corrected chi connectivity index (χ4v) is 5.12. The van der Waals surface area contributed by atoms with E-state index in [0.29, 0.717) is 37.4 Å². The Kier molecular flexibility index (Phi) is 11.9. The summed E-state index contributed by atoms with van der Waals surface area (Å²) in [6.45, 7) is 6.96. The summed E-state index contributed by atoms with van der Waals surface area (Å²) in [5.41, 5.74) is 2.50. The highest BCUT2D eigenvalue weighted by molar-refractivity contribution is 7.92. The molecular weight excluding hydrogens is 490 g/mol. The maximum atomic E-state index is 13.5. The van der Waals surface area contributed by atoms with Gasteiger partial charge in [-0.3, -0.25) is 13.9 Å². The average Bonchev–Trinajstić information content (AvgIpc) is 2.86. The Morgan fingerprint density at radius 1 is 1.05 bits per heavy atom. The number of amides is 2. The lowest BCUT2D eigenvalue weighted by Gasteiger charge is -2.31. The number of benzene rings is 2. The van der Waals surface area contributed by atoms with Crippen molar-refractivity contribution in [2.45, 2.75) is 65.5 Å². The van der Waals surface area contributed by atoms with Gasteiger partial charge in [0.1, 0.15) is 11.8 Å². The molecule has 0 radical (unpaired) electrons. The molecule has 0 heterocycles. The molecular formula is C28H41N3O5S. The minimum Gasteiger partial charge on any atom is -0.497 e. The summed E-state index contributed by atoms with van der Waals surface area (Å²) < 4.78 is 31.6. The van der Waals surface area contributed by atoms with Crippen LogP contribution in [-0.2, 0) is 26.2 Å². The smallest absolute Gasteiger partial charge is 0.242 e. The molecule has 9 heteroatoms. The Morgan fingerprint density at radius 3 is 2.41 bits per heavy atom. The molecule has 2 aromatic carbocycles. The minimum atomic E-state index is -3.57. The zero-order valence-corrected chi connectivity index (χ0v) is 23.5. The molecule has 1 atom stereocenters. The van der Waals surface area contributed by atoms with Crippen LogP contribution in [0.15, 0.2) is 48.5 Å². The maximum Gasteiger partial charge on any atom is 0.242 e. The molecule has 0 aliphatic heterocycles. The van der Waals surface area contributed by atoms with E-state index >= 15 is 0 Å². The van der Waals surface area contributed by atoms with Crippen molar-refractivity contribution >= 4 is 27.5 Å². The summed E-state index contributed by atoms with van der Waals surface area (Å²) in [7, 11) is -2.05. The molecule has 2 amide bonds. The van der Waals surface area contributed by atoms with E-state index in [2.05, 4.69) is 12.2 Å². The highest BCUT2D eigenvalue weighted by Gasteiger charge is 2.29. The first-order valence-corrected chi connectivity index (χ1v) is 14.7. The van der Waals surface area contributed by atoms with E-state index in [1.54, 1.807) is 29.2 Å². The molecule has 0 bridgehead atoms. The molecule has 0 fully saturated rings. The predicted molar refractivity (Wildman–Crippen MR) is 148 cm³/mol. The summed E-state index contributed by atoms with van der Waals surface area (Å²) in [5.74, 6) is 0.207. The maximum absolute atomic E-state index is 13.5. The summed E-state index contributed by atoms with van der Waals surface area (Å²) in [6.07, 6.45) is 3.88. The molecule has 8 nitrogen and oxygen atoms in total. The van der Waals surface area contributed by atoms with Crippen molar-refractivity contribution in [3.8, 4) is 5.75 Å². The zero-order valence-electron chi connectivity index (χ0n) is 22.7. The summed E-state index contributed by atoms with van der Waals surface area (Å²) in [4.78, 5) is 28.2. The molecule has 37 heavy (non-hydrogen) atoms. The van der Waals surface area contributed by atoms with Crippen LogP contribution in [-0.4, -0.2) is 57.6 Å². The fourth-order valence-electron chi connectivity index (χ4n) is 4.17. The Hall–Kier alpha value is -3.07. The lowest BCUT2D eigenvalue weighted by Crippen LogP contribution is -2.49. The van der Waals surface area contributed by atoms with Crippen molar-refractivity contribution in [3.05, 3.63) is 59.7 Å². The first-order chi connectivity index (χ1) is 17.6. The average molecular weight is 532 g/mol. The summed E-state index contributed by atoms with van der Waals surface area (Å²) >= 11 is 0. The van der Waals surface area contributed by atoms with E-state index < -0.39 is 16.1 Å². The predicted octanol–water partition coefficient (Wildman–Crippen LogP) is 4.27. The van der Waals surface area contributed by atoms with Crippen molar-refractivity contribution < 1.29 is 22.7 Å². The number of hydrogen-bond acceptors (Lipinski definition) is 5. The van der Waals surface area contributed by atoms with Crippen molar-refractivity contribution in [1.82, 2.24) is 10.2 Å². The molecule has 1 N–H and O–H groups in total. The molecule has 0 saturated heterocycles. The third-order valence-electron chi connectivity index (χ3n) is 6.31. The number of nitrogens with zero attached hydrogens (tertiary/aromatic N) is 2. The van der Waals surface area contributed by atoms with Crippen LogP contribution in [0.25, 0.3) is 0 Å². The summed E-state index contributed by atoms with van der Waals surface area (Å²) in [6, 6.07) is 14.0. The van der Waals surface area contributed by atoms with Crippen LogP contribution < -0.4 is 14.4 Å². The van der Waals surface area contributed by atoms with Gasteiger partial charge in [-0.05, 0) is 49.4 Å². The van der Waals surface area contributed by atoms with E-state index in [9.17, 15) is 18.0 Å². The van der Waals surface area contributed by atoms with Gasteiger partial charge in [0.2, 0.25) is 21.8 Å². The Morgan fingerprint density at radius 2 is 1.78 bits per heavy atom. The van der Waals surface area contributed by atoms with Crippen LogP contribution in [0.3, 0.4) is 0 Å². The molecule has 0 spiro atoms. The van der Waals surface area contributed by atoms with Gasteiger partial charge in [0, 0.05) is 32.1 Å². The van der Waals surface area contributed by atoms with Gasteiger partial charge in [-0.2, -0.15) is 0 Å². The van der Waals surface area contributed by atoms with Crippen LogP contribution in [0.1, 0.15) is 57.1 Å². The van der Waals surface area contributed by atoms with Crippen LogP contribution in [0.4, 0.5) is 5.69 Å². The third kappa shape index (κ3) is 9.07. The molecule has 0 aliphatic rings. The quantitative estimate of drug-likeness (QED) is 0.346. The van der Waals surface area contributed by atoms with Crippen LogP contribution in [0, 0.1) is 6.92 Å². The Bertz CT molecular complexity index is 1140. The van der Waals surface area contributed by atoms with Gasteiger partial charge in [-0.15, -0.1) is 0 Å². The topological polar surface area (TPSA) is 96.0 Å². The first-order valence-electron chi connectivity index (χ1n) is 12.9. The number of sulfonamides is 1. The van der Waals surface area contributed by atoms with E-state index in [1.807, 2.05) is 38.1 Å². The van der Waals surface area contributed by atoms with Crippen LogP contribution in [0.5, 0.6) is 5.75 Å². The lowest BCUT2D eigenvalue weighted by atomic mass is 10.1. The van der Waals surface area contributed by atoms with Gasteiger partial charge in [0.25, 0.3) is 0 Å². The molecule has 2 rings (SSSR count). The second-order valence-electron chi connectivity index (χ2n) is 9.16. The second-order valence-corrected chi connectivity index (χ2v) is 11.1. The molecule has 0 aliphatic carbocycles. The number of ether oxygens (including phenoxy) is 1. The van der Waals surface area contributed by atoms with Crippen molar-refractivity contribution in [2.24, 2.45) is 0 Å². The molecule has 0 unspecified atom stereocenters. The highest BCUT2D eigenvalue weighted by atomic mass is 32.2. The van der Waals surface area contributed by atoms with Crippen LogP contribution >= 0.6 is 0 Å². The Labute approximate surface area is 222 Å². The number of rotatable bonds is 15. The SMILES string of the molecule is CCCCNC(=O)[C@H](CC)N(Cc1ccccc1C)C(=O)CCCN(c1cccc(OC)c1)S(C)(=O)=O. The number of aryl methyl sites for hydroxylation is 1. The fraction of sp³-hybridized carbons (Fsp3) is 0.500. The normalized spacial score (nSPS) is 12.0. The van der Waals surface area contributed by atoms with Gasteiger partial charge in [-0.1, -0.05) is 50.6 Å². The second kappa shape index (κ2) is 14.6. The number of unbranched alkanes of at least 4 members (excludes halogenated alkanes) is 1. The summed E-state index contributed by atoms with van der Waals surface area (Å²) in [5, 5.41) is 2.96. The van der Waals surface area contributed by atoms with Gasteiger partial charge in [0.05, 0.1) is 19.1 Å². The largest absolute Gasteiger partial charge is 0.497 e. The van der Waals surface area contributed by atoms with Crippen molar-refractivity contribution in [2.75, 3.05) is 30.8 Å². The number of carbonyl (C=O) groups is 2. The van der Waals surface area contributed by atoms with Gasteiger partial charge in [0.15, 0.2) is 0 Å². The minimum absolute atomic E-state index is 0.112. The van der Waals surface area contributed by atoms with E-state index in [-0.39, 0.29) is 24.8 Å². The molecule has 0 aromatic heterocycles. The van der Waals surface area contributed by atoms with E-state index in [0.717, 1.165) is 30.2 Å². The molecule has 2 aromatic rings. The molecule has 204 valence electrons. The number of methoxy groups -OCH3 is 1. The highest BCUT2D eigenvalue weighted by Crippen LogP contribution is 2.24. The van der Waals surface area contributed by atoms with Crippen molar-refractivity contribution in [3.63, 3.8) is 0 Å². The third-order valence-corrected chi connectivity index (χ3v) is 7.50. The number of carbonyl (C=O) groups excluding carboxylic acids is 2. The lowest BCUT2D eigenvalue weighted by molar-refractivity contribution is -0.141. The number of hydrogen-bond donors (Lipinski definition) is 1. The number of anilines is 1. The monoisotopic (exact) mass is 531 g/mol. The first kappa shape index (κ1) is 30.2. The van der Waals surface area contributed by atoms with E-state index in [1.165, 1.54) is 11.4 Å². The van der Waals surface area contributed by atoms with Gasteiger partial charge < -0.3 is 15.0 Å². The van der Waals surface area contributed by atoms with Gasteiger partial charge in [-0.25, -0.2) is 8.42 Å². The molecule has 0 saturated carbocycles.